The van der Waals surface area contributed by atoms with Crippen LogP contribution >= 0.6 is 0 Å². The Kier molecular flexibility index (Phi) is 5.67. The van der Waals surface area contributed by atoms with E-state index in [0.29, 0.717) is 29.9 Å². The Morgan fingerprint density at radius 2 is 2.18 bits per heavy atom. The predicted molar refractivity (Wildman–Crippen MR) is 78.8 cm³/mol. The Hall–Kier alpha value is -1.74. The number of hydrogen-bond donors (Lipinski definition) is 1. The second-order valence-electron chi connectivity index (χ2n) is 4.20. The second-order valence-corrected chi connectivity index (χ2v) is 4.20. The number of fused-ring (bicyclic) bond motifs is 1. The van der Waals surface area contributed by atoms with Crippen LogP contribution in [0, 0.1) is 0 Å². The van der Waals surface area contributed by atoms with E-state index in [1.165, 1.54) is 0 Å². The normalized spacial score (nSPS) is 10.4. The average molecular weight is 311 g/mol. The molecule has 1 radical (unpaired) electrons. The van der Waals surface area contributed by atoms with E-state index in [0.717, 1.165) is 0 Å². The number of methoxy groups -OCH3 is 1. The zero-order valence-corrected chi connectivity index (χ0v) is 14.2. The third-order valence-corrected chi connectivity index (χ3v) is 2.86. The molecule has 1 N–H and O–H groups in total. The standard InChI is InChI=1S/C13H12N4O4.Na/c1-19-5-6-20-10-4-2-3-8-7-9(12-14-16-17-15-12)13(18)21-11(8)10;/h2-4,7H,5-6H2,1H3,(H,14,15,16,17);. The van der Waals surface area contributed by atoms with Crippen molar-refractivity contribution in [2.75, 3.05) is 20.3 Å². The van der Waals surface area contributed by atoms with E-state index in [4.69, 9.17) is 13.9 Å². The van der Waals surface area contributed by atoms with Gasteiger partial charge in [-0.3, -0.25) is 0 Å². The molecule has 2 heterocycles. The van der Waals surface area contributed by atoms with Gasteiger partial charge in [0.2, 0.25) is 5.82 Å². The summed E-state index contributed by atoms with van der Waals surface area (Å²) < 4.78 is 15.8. The Balaban J connectivity index is 0.00000176. The molecule has 109 valence electrons. The summed E-state index contributed by atoms with van der Waals surface area (Å²) in [4.78, 5) is 12.0. The smallest absolute Gasteiger partial charge is 0.347 e. The van der Waals surface area contributed by atoms with Crippen LogP contribution in [0.15, 0.2) is 33.5 Å². The summed E-state index contributed by atoms with van der Waals surface area (Å²) in [6, 6.07) is 7.00. The van der Waals surface area contributed by atoms with Crippen LogP contribution in [0.5, 0.6) is 5.75 Å². The second kappa shape index (κ2) is 7.50. The van der Waals surface area contributed by atoms with Gasteiger partial charge in [-0.25, -0.2) is 4.79 Å². The van der Waals surface area contributed by atoms with Crippen molar-refractivity contribution >= 4 is 40.5 Å². The van der Waals surface area contributed by atoms with Gasteiger partial charge in [0.05, 0.1) is 6.61 Å². The van der Waals surface area contributed by atoms with Crippen molar-refractivity contribution in [3.05, 3.63) is 34.7 Å². The SMILES string of the molecule is COCCOc1cccc2cc(-c3nn[nH]n3)c(=O)oc12.[Na]. The molecule has 0 atom stereocenters. The van der Waals surface area contributed by atoms with Gasteiger partial charge in [-0.05, 0) is 17.3 Å². The van der Waals surface area contributed by atoms with Crippen LogP contribution in [0.3, 0.4) is 0 Å². The molecule has 22 heavy (non-hydrogen) atoms. The molecule has 0 saturated heterocycles. The molecule has 8 nitrogen and oxygen atoms in total. The Morgan fingerprint density at radius 1 is 1.32 bits per heavy atom. The Labute approximate surface area is 147 Å². The molecule has 9 heteroatoms. The van der Waals surface area contributed by atoms with E-state index < -0.39 is 5.63 Å². The largest absolute Gasteiger partial charge is 0.487 e. The number of tetrazole rings is 1. The molecule has 0 spiro atoms. The van der Waals surface area contributed by atoms with Crippen LogP contribution in [0.1, 0.15) is 0 Å². The number of rotatable bonds is 5. The van der Waals surface area contributed by atoms with E-state index in [2.05, 4.69) is 20.6 Å². The zero-order valence-electron chi connectivity index (χ0n) is 12.2. The molecule has 3 rings (SSSR count). The number of hydrogen-bond acceptors (Lipinski definition) is 7. The fourth-order valence-electron chi connectivity index (χ4n) is 1.90. The molecule has 0 bridgehead atoms. The van der Waals surface area contributed by atoms with Crippen LogP contribution in [0.25, 0.3) is 22.4 Å². The molecular formula is C13H12N4NaO4. The topological polar surface area (TPSA) is 103 Å². The van der Waals surface area contributed by atoms with Crippen LogP contribution < -0.4 is 10.4 Å². The molecule has 0 saturated carbocycles. The summed E-state index contributed by atoms with van der Waals surface area (Å²) >= 11 is 0. The van der Waals surface area contributed by atoms with Crippen molar-refractivity contribution in [2.45, 2.75) is 0 Å². The molecule has 0 amide bonds. The zero-order chi connectivity index (χ0) is 14.7. The van der Waals surface area contributed by atoms with E-state index in [9.17, 15) is 4.79 Å². The van der Waals surface area contributed by atoms with Gasteiger partial charge in [-0.1, -0.05) is 12.1 Å². The first kappa shape index (κ1) is 16.6. The summed E-state index contributed by atoms with van der Waals surface area (Å²) in [6.07, 6.45) is 0. The van der Waals surface area contributed by atoms with E-state index >= 15 is 0 Å². The molecule has 0 fully saturated rings. The van der Waals surface area contributed by atoms with Crippen molar-refractivity contribution in [3.8, 4) is 17.1 Å². The van der Waals surface area contributed by atoms with Crippen molar-refractivity contribution in [3.63, 3.8) is 0 Å². The number of para-hydroxylation sites is 1. The molecular weight excluding hydrogens is 299 g/mol. The van der Waals surface area contributed by atoms with E-state index in [-0.39, 0.29) is 40.9 Å². The maximum atomic E-state index is 12.0. The van der Waals surface area contributed by atoms with E-state index in [1.807, 2.05) is 12.1 Å². The quantitative estimate of drug-likeness (QED) is 0.418. The van der Waals surface area contributed by atoms with Gasteiger partial charge in [0, 0.05) is 42.1 Å². The maximum Gasteiger partial charge on any atom is 0.347 e. The maximum absolute atomic E-state index is 12.0. The molecule has 1 aromatic carbocycles. The third-order valence-electron chi connectivity index (χ3n) is 2.86. The minimum atomic E-state index is -0.549. The minimum absolute atomic E-state index is 0. The number of ether oxygens (including phenoxy) is 2. The number of H-pyrrole nitrogens is 1. The number of nitrogens with zero attached hydrogens (tertiary/aromatic N) is 3. The predicted octanol–water partition coefficient (Wildman–Crippen LogP) is 0.618. The fraction of sp³-hybridized carbons (Fsp3) is 0.231. The third kappa shape index (κ3) is 3.36. The van der Waals surface area contributed by atoms with Gasteiger partial charge < -0.3 is 13.9 Å². The first-order valence-corrected chi connectivity index (χ1v) is 6.22. The molecule has 0 unspecified atom stereocenters. The van der Waals surface area contributed by atoms with Crippen LogP contribution in [-0.2, 0) is 4.74 Å². The molecule has 0 aliphatic carbocycles. The Morgan fingerprint density at radius 3 is 2.91 bits per heavy atom. The summed E-state index contributed by atoms with van der Waals surface area (Å²) in [7, 11) is 1.59. The summed E-state index contributed by atoms with van der Waals surface area (Å²) in [6.45, 7) is 0.813. The monoisotopic (exact) mass is 311 g/mol. The molecule has 2 aromatic heterocycles. The molecule has 3 aromatic rings. The van der Waals surface area contributed by atoms with Gasteiger partial charge in [0.1, 0.15) is 12.2 Å². The fourth-order valence-corrected chi connectivity index (χ4v) is 1.90. The molecule has 0 aliphatic rings. The van der Waals surface area contributed by atoms with Crippen molar-refractivity contribution in [1.29, 1.82) is 0 Å². The van der Waals surface area contributed by atoms with Gasteiger partial charge >= 0.3 is 5.63 Å². The van der Waals surface area contributed by atoms with Crippen LogP contribution in [-0.4, -0.2) is 70.5 Å². The van der Waals surface area contributed by atoms with Gasteiger partial charge in [0.15, 0.2) is 11.3 Å². The number of benzene rings is 1. The summed E-state index contributed by atoms with van der Waals surface area (Å²) in [5, 5.41) is 14.0. The van der Waals surface area contributed by atoms with Crippen LogP contribution in [0.4, 0.5) is 0 Å². The summed E-state index contributed by atoms with van der Waals surface area (Å²) in [5.41, 5.74) is 0.0721. The number of aromatic amines is 1. The van der Waals surface area contributed by atoms with Crippen molar-refractivity contribution in [1.82, 2.24) is 20.6 Å². The average Bonchev–Trinajstić information content (AvgIpc) is 3.01. The summed E-state index contributed by atoms with van der Waals surface area (Å²) in [5.74, 6) is 0.678. The van der Waals surface area contributed by atoms with Gasteiger partial charge in [-0.15, -0.1) is 10.2 Å². The first-order chi connectivity index (χ1) is 10.3. The van der Waals surface area contributed by atoms with Gasteiger partial charge in [-0.2, -0.15) is 5.21 Å². The molecule has 0 aliphatic heterocycles. The first-order valence-electron chi connectivity index (χ1n) is 6.22. The van der Waals surface area contributed by atoms with Crippen molar-refractivity contribution in [2.24, 2.45) is 0 Å². The minimum Gasteiger partial charge on any atom is -0.487 e. The Bertz CT molecular complexity index is 803. The number of aromatic nitrogens is 4. The van der Waals surface area contributed by atoms with E-state index in [1.54, 1.807) is 19.2 Å². The van der Waals surface area contributed by atoms with Crippen LogP contribution in [0.2, 0.25) is 0 Å². The number of nitrogens with one attached hydrogen (secondary N) is 1. The van der Waals surface area contributed by atoms with Crippen molar-refractivity contribution < 1.29 is 13.9 Å². The van der Waals surface area contributed by atoms with Gasteiger partial charge in [0.25, 0.3) is 0 Å².